The summed E-state index contributed by atoms with van der Waals surface area (Å²) in [5.41, 5.74) is 6.83. The van der Waals surface area contributed by atoms with Crippen LogP contribution in [-0.4, -0.2) is 19.8 Å². The van der Waals surface area contributed by atoms with Crippen LogP contribution in [0.25, 0.3) is 0 Å². The lowest BCUT2D eigenvalue weighted by Crippen LogP contribution is -2.08. The smallest absolute Gasteiger partial charge is 0.164 e. The van der Waals surface area contributed by atoms with Crippen LogP contribution in [0.3, 0.4) is 0 Å². The van der Waals surface area contributed by atoms with Gasteiger partial charge < -0.3 is 15.2 Å². The highest BCUT2D eigenvalue weighted by atomic mass is 16.5. The van der Waals surface area contributed by atoms with Crippen molar-refractivity contribution in [3.05, 3.63) is 23.8 Å². The molecule has 0 saturated heterocycles. The molecule has 0 heterocycles. The topological polar surface area (TPSA) is 44.5 Å². The number of benzene rings is 1. The number of unbranched alkanes of at least 4 members (excludes halogenated alkanes) is 5. The first-order valence-electron chi connectivity index (χ1n) is 8.41. The zero-order chi connectivity index (χ0) is 15.3. The lowest BCUT2D eigenvalue weighted by atomic mass is 10.1. The van der Waals surface area contributed by atoms with Crippen molar-refractivity contribution < 1.29 is 9.47 Å². The van der Waals surface area contributed by atoms with Crippen molar-refractivity contribution >= 4 is 0 Å². The number of rotatable bonds is 12. The zero-order valence-electron chi connectivity index (χ0n) is 13.7. The molecule has 21 heavy (non-hydrogen) atoms. The molecule has 120 valence electrons. The summed E-state index contributed by atoms with van der Waals surface area (Å²) >= 11 is 0. The van der Waals surface area contributed by atoms with Gasteiger partial charge in [0.05, 0.1) is 13.2 Å². The molecule has 1 aromatic rings. The minimum Gasteiger partial charge on any atom is -0.490 e. The van der Waals surface area contributed by atoms with E-state index in [1.807, 2.05) is 19.1 Å². The first-order valence-corrected chi connectivity index (χ1v) is 8.41. The Morgan fingerprint density at radius 2 is 1.71 bits per heavy atom. The molecule has 0 atom stereocenters. The summed E-state index contributed by atoms with van der Waals surface area (Å²) in [6, 6.07) is 6.06. The van der Waals surface area contributed by atoms with E-state index >= 15 is 0 Å². The van der Waals surface area contributed by atoms with Gasteiger partial charge in [-0.05, 0) is 37.9 Å². The van der Waals surface area contributed by atoms with Gasteiger partial charge in [-0.25, -0.2) is 0 Å². The van der Waals surface area contributed by atoms with Gasteiger partial charge >= 0.3 is 0 Å². The molecule has 0 saturated carbocycles. The fraction of sp³-hybridized carbons (Fsp3) is 0.667. The van der Waals surface area contributed by atoms with E-state index in [0.29, 0.717) is 13.2 Å². The van der Waals surface area contributed by atoms with Crippen LogP contribution in [0.2, 0.25) is 0 Å². The van der Waals surface area contributed by atoms with Crippen molar-refractivity contribution in [2.75, 3.05) is 19.8 Å². The summed E-state index contributed by atoms with van der Waals surface area (Å²) in [4.78, 5) is 0. The minimum absolute atomic E-state index is 0.628. The van der Waals surface area contributed by atoms with E-state index < -0.39 is 0 Å². The maximum Gasteiger partial charge on any atom is 0.164 e. The molecule has 3 heteroatoms. The highest BCUT2D eigenvalue weighted by molar-refractivity contribution is 5.46. The summed E-state index contributed by atoms with van der Waals surface area (Å²) in [6.07, 6.45) is 8.45. The maximum atomic E-state index is 6.00. The molecule has 0 aliphatic rings. The van der Waals surface area contributed by atoms with Gasteiger partial charge in [0.1, 0.15) is 0 Å². The molecule has 0 spiro atoms. The number of hydrogen-bond donors (Lipinski definition) is 1. The predicted octanol–water partition coefficient (Wildman–Crippen LogP) is 4.33. The van der Waals surface area contributed by atoms with Crippen LogP contribution in [0.15, 0.2) is 18.2 Å². The third-order valence-corrected chi connectivity index (χ3v) is 3.52. The number of ether oxygens (including phenoxy) is 2. The molecule has 0 radical (unpaired) electrons. The Morgan fingerprint density at radius 3 is 2.43 bits per heavy atom. The molecule has 3 nitrogen and oxygen atoms in total. The van der Waals surface area contributed by atoms with E-state index in [4.69, 9.17) is 15.2 Å². The van der Waals surface area contributed by atoms with Crippen LogP contribution >= 0.6 is 0 Å². The first kappa shape index (κ1) is 17.8. The lowest BCUT2D eigenvalue weighted by Gasteiger charge is -2.15. The molecule has 0 aromatic heterocycles. The van der Waals surface area contributed by atoms with E-state index in [1.54, 1.807) is 0 Å². The van der Waals surface area contributed by atoms with Crippen LogP contribution in [0, 0.1) is 0 Å². The monoisotopic (exact) mass is 293 g/mol. The summed E-state index contributed by atoms with van der Waals surface area (Å²) in [6.45, 7) is 6.27. The van der Waals surface area contributed by atoms with Gasteiger partial charge in [-0.15, -0.1) is 0 Å². The van der Waals surface area contributed by atoms with Crippen LogP contribution in [0.4, 0.5) is 0 Å². The minimum atomic E-state index is 0.628. The van der Waals surface area contributed by atoms with Gasteiger partial charge in [0.25, 0.3) is 0 Å². The second-order valence-corrected chi connectivity index (χ2v) is 5.33. The molecule has 1 rings (SSSR count). The van der Waals surface area contributed by atoms with Crippen LogP contribution < -0.4 is 15.2 Å². The molecule has 1 aromatic carbocycles. The molecule has 0 bridgehead atoms. The Labute approximate surface area is 129 Å². The molecule has 0 unspecified atom stereocenters. The Balaban J connectivity index is 2.47. The Morgan fingerprint density at radius 1 is 0.952 bits per heavy atom. The molecule has 0 aliphatic heterocycles. The van der Waals surface area contributed by atoms with Crippen molar-refractivity contribution in [3.8, 4) is 11.5 Å². The number of para-hydroxylation sites is 1. The fourth-order valence-corrected chi connectivity index (χ4v) is 2.40. The average molecular weight is 293 g/mol. The Kier molecular flexibility index (Phi) is 9.71. The van der Waals surface area contributed by atoms with E-state index in [2.05, 4.69) is 13.0 Å². The van der Waals surface area contributed by atoms with E-state index in [0.717, 1.165) is 36.5 Å². The second kappa shape index (κ2) is 11.4. The maximum absolute atomic E-state index is 6.00. The summed E-state index contributed by atoms with van der Waals surface area (Å²) < 4.78 is 11.7. The Bertz CT molecular complexity index is 355. The number of nitrogens with two attached hydrogens (primary N) is 1. The van der Waals surface area contributed by atoms with Crippen molar-refractivity contribution in [2.24, 2.45) is 5.73 Å². The Hall–Kier alpha value is -1.22. The van der Waals surface area contributed by atoms with Gasteiger partial charge in [0.2, 0.25) is 0 Å². The van der Waals surface area contributed by atoms with Gasteiger partial charge in [-0.3, -0.25) is 0 Å². The van der Waals surface area contributed by atoms with Gasteiger partial charge in [0, 0.05) is 0 Å². The molecular weight excluding hydrogens is 262 g/mol. The van der Waals surface area contributed by atoms with Gasteiger partial charge in [-0.1, -0.05) is 51.2 Å². The van der Waals surface area contributed by atoms with E-state index in [1.165, 1.54) is 32.1 Å². The summed E-state index contributed by atoms with van der Waals surface area (Å²) in [5.74, 6) is 1.73. The van der Waals surface area contributed by atoms with Crippen molar-refractivity contribution in [2.45, 2.75) is 58.8 Å². The SMILES string of the molecule is CCCCCCCCOc1c(CCN)cccc1OCC. The highest BCUT2D eigenvalue weighted by Gasteiger charge is 2.10. The second-order valence-electron chi connectivity index (χ2n) is 5.33. The molecule has 2 N–H and O–H groups in total. The quantitative estimate of drug-likeness (QED) is 0.583. The molecular formula is C18H31NO2. The van der Waals surface area contributed by atoms with Crippen molar-refractivity contribution in [3.63, 3.8) is 0 Å². The van der Waals surface area contributed by atoms with E-state index in [9.17, 15) is 0 Å². The summed E-state index contributed by atoms with van der Waals surface area (Å²) in [5, 5.41) is 0. The largest absolute Gasteiger partial charge is 0.490 e. The van der Waals surface area contributed by atoms with Crippen LogP contribution in [-0.2, 0) is 6.42 Å². The lowest BCUT2D eigenvalue weighted by molar-refractivity contribution is 0.268. The van der Waals surface area contributed by atoms with Crippen molar-refractivity contribution in [1.29, 1.82) is 0 Å². The fourth-order valence-electron chi connectivity index (χ4n) is 2.40. The van der Waals surface area contributed by atoms with Crippen LogP contribution in [0.1, 0.15) is 57.9 Å². The molecule has 0 fully saturated rings. The van der Waals surface area contributed by atoms with Gasteiger partial charge in [0.15, 0.2) is 11.5 Å². The molecule has 0 aliphatic carbocycles. The highest BCUT2D eigenvalue weighted by Crippen LogP contribution is 2.31. The summed E-state index contributed by atoms with van der Waals surface area (Å²) in [7, 11) is 0. The zero-order valence-corrected chi connectivity index (χ0v) is 13.7. The standard InChI is InChI=1S/C18H31NO2/c1-3-5-6-7-8-9-15-21-18-16(13-14-19)11-10-12-17(18)20-4-2/h10-12H,3-9,13-15,19H2,1-2H3. The third kappa shape index (κ3) is 6.85. The third-order valence-electron chi connectivity index (χ3n) is 3.52. The van der Waals surface area contributed by atoms with E-state index in [-0.39, 0.29) is 0 Å². The molecule has 0 amide bonds. The van der Waals surface area contributed by atoms with Crippen molar-refractivity contribution in [1.82, 2.24) is 0 Å². The van der Waals surface area contributed by atoms with Crippen LogP contribution in [0.5, 0.6) is 11.5 Å². The van der Waals surface area contributed by atoms with Gasteiger partial charge in [-0.2, -0.15) is 0 Å². The number of hydrogen-bond acceptors (Lipinski definition) is 3. The average Bonchev–Trinajstić information content (AvgIpc) is 2.49. The predicted molar refractivity (Wildman–Crippen MR) is 89.2 cm³/mol. The normalized spacial score (nSPS) is 10.6. The first-order chi connectivity index (χ1) is 10.3.